The predicted octanol–water partition coefficient (Wildman–Crippen LogP) is 2.62. The van der Waals surface area contributed by atoms with Crippen molar-refractivity contribution in [3.8, 4) is 6.07 Å². The lowest BCUT2D eigenvalue weighted by molar-refractivity contribution is 0.302. The fraction of sp³-hybridized carbons (Fsp3) is 0.750. The summed E-state index contributed by atoms with van der Waals surface area (Å²) in [6.07, 6.45) is 8.44. The van der Waals surface area contributed by atoms with Crippen LogP contribution in [0.4, 0.5) is 0 Å². The van der Waals surface area contributed by atoms with Crippen LogP contribution in [0, 0.1) is 16.7 Å². The first-order valence-electron chi connectivity index (χ1n) is 5.39. The number of nitrogens with zero attached hydrogens (tertiary/aromatic N) is 1. The van der Waals surface area contributed by atoms with Crippen molar-refractivity contribution in [3.63, 3.8) is 0 Å². The average Bonchev–Trinajstić information content (AvgIpc) is 2.64. The van der Waals surface area contributed by atoms with Crippen molar-refractivity contribution in [2.45, 2.75) is 45.6 Å². The van der Waals surface area contributed by atoms with Gasteiger partial charge in [0.15, 0.2) is 0 Å². The monoisotopic (exact) mass is 192 g/mol. The van der Waals surface area contributed by atoms with Gasteiger partial charge in [0.1, 0.15) is 0 Å². The summed E-state index contributed by atoms with van der Waals surface area (Å²) in [5.41, 5.74) is 0.248. The van der Waals surface area contributed by atoms with Gasteiger partial charge in [-0.25, -0.2) is 0 Å². The van der Waals surface area contributed by atoms with Crippen molar-refractivity contribution in [3.05, 3.63) is 12.2 Å². The summed E-state index contributed by atoms with van der Waals surface area (Å²) in [6, 6.07) is 2.85. The Hall–Kier alpha value is -0.810. The number of hydrogen-bond acceptors (Lipinski definition) is 2. The van der Waals surface area contributed by atoms with Crippen molar-refractivity contribution in [1.82, 2.24) is 5.32 Å². The van der Waals surface area contributed by atoms with E-state index in [0.29, 0.717) is 12.5 Å². The van der Waals surface area contributed by atoms with Crippen molar-refractivity contribution >= 4 is 0 Å². The van der Waals surface area contributed by atoms with Crippen LogP contribution in [-0.2, 0) is 0 Å². The Kier molecular flexibility index (Phi) is 4.16. The Morgan fingerprint density at radius 3 is 2.64 bits per heavy atom. The molecular formula is C12H20N2. The second kappa shape index (κ2) is 5.17. The molecule has 1 rings (SSSR count). The highest BCUT2D eigenvalue weighted by atomic mass is 14.9. The maximum atomic E-state index is 8.53. The number of rotatable bonds is 5. The van der Waals surface area contributed by atoms with Gasteiger partial charge in [-0.3, -0.25) is 0 Å². The Labute approximate surface area is 87.0 Å². The van der Waals surface area contributed by atoms with Crippen molar-refractivity contribution in [1.29, 1.82) is 5.26 Å². The molecule has 0 radical (unpaired) electrons. The van der Waals surface area contributed by atoms with E-state index in [4.69, 9.17) is 5.26 Å². The van der Waals surface area contributed by atoms with E-state index in [1.165, 1.54) is 0 Å². The molecule has 1 aliphatic carbocycles. The van der Waals surface area contributed by atoms with E-state index >= 15 is 0 Å². The summed E-state index contributed by atoms with van der Waals surface area (Å²) in [4.78, 5) is 0. The van der Waals surface area contributed by atoms with Gasteiger partial charge in [0.2, 0.25) is 0 Å². The van der Waals surface area contributed by atoms with Crippen LogP contribution in [0.3, 0.4) is 0 Å². The molecule has 0 amide bonds. The second-order valence-corrected chi connectivity index (χ2v) is 4.84. The molecule has 14 heavy (non-hydrogen) atoms. The van der Waals surface area contributed by atoms with Crippen molar-refractivity contribution in [2.75, 3.05) is 6.54 Å². The molecule has 0 spiro atoms. The molecule has 0 aliphatic heterocycles. The zero-order valence-electron chi connectivity index (χ0n) is 9.21. The van der Waals surface area contributed by atoms with E-state index in [1.807, 2.05) is 0 Å². The van der Waals surface area contributed by atoms with E-state index in [9.17, 15) is 0 Å². The average molecular weight is 192 g/mol. The normalized spacial score (nSPS) is 17.2. The van der Waals surface area contributed by atoms with Gasteiger partial charge < -0.3 is 5.32 Å². The molecule has 0 aromatic carbocycles. The highest BCUT2D eigenvalue weighted by molar-refractivity contribution is 4.98. The lowest BCUT2D eigenvalue weighted by Crippen LogP contribution is -2.35. The van der Waals surface area contributed by atoms with Crippen LogP contribution in [0.15, 0.2) is 12.2 Å². The third-order valence-corrected chi connectivity index (χ3v) is 2.79. The van der Waals surface area contributed by atoms with Crippen LogP contribution in [0.25, 0.3) is 0 Å². The Balaban J connectivity index is 2.18. The van der Waals surface area contributed by atoms with Gasteiger partial charge in [0.25, 0.3) is 0 Å². The topological polar surface area (TPSA) is 35.8 Å². The number of hydrogen-bond donors (Lipinski definition) is 1. The summed E-state index contributed by atoms with van der Waals surface area (Å²) in [5.74, 6) is 0. The van der Waals surface area contributed by atoms with Crippen LogP contribution in [0.2, 0.25) is 0 Å². The second-order valence-electron chi connectivity index (χ2n) is 4.84. The van der Waals surface area contributed by atoms with E-state index in [1.54, 1.807) is 0 Å². The molecular weight excluding hydrogens is 172 g/mol. The third-order valence-electron chi connectivity index (χ3n) is 2.79. The van der Waals surface area contributed by atoms with E-state index < -0.39 is 0 Å². The first kappa shape index (κ1) is 11.3. The van der Waals surface area contributed by atoms with Gasteiger partial charge in [-0.05, 0) is 24.7 Å². The molecule has 0 atom stereocenters. The van der Waals surface area contributed by atoms with E-state index in [-0.39, 0.29) is 5.41 Å². The van der Waals surface area contributed by atoms with Gasteiger partial charge in [-0.15, -0.1) is 0 Å². The molecule has 1 N–H and O–H groups in total. The summed E-state index contributed by atoms with van der Waals surface area (Å²) in [7, 11) is 0. The summed E-state index contributed by atoms with van der Waals surface area (Å²) in [5, 5.41) is 12.1. The minimum Gasteiger partial charge on any atom is -0.313 e. The van der Waals surface area contributed by atoms with Gasteiger partial charge in [0, 0.05) is 19.0 Å². The lowest BCUT2D eigenvalue weighted by Gasteiger charge is -2.26. The maximum Gasteiger partial charge on any atom is 0.0621 e. The lowest BCUT2D eigenvalue weighted by atomic mass is 9.87. The van der Waals surface area contributed by atoms with Gasteiger partial charge in [0.05, 0.1) is 6.07 Å². The largest absolute Gasteiger partial charge is 0.313 e. The molecule has 0 saturated carbocycles. The number of nitriles is 1. The molecule has 78 valence electrons. The fourth-order valence-corrected chi connectivity index (χ4v) is 1.69. The molecule has 2 heteroatoms. The van der Waals surface area contributed by atoms with Crippen molar-refractivity contribution < 1.29 is 0 Å². The molecule has 0 aromatic rings. The molecule has 1 aliphatic rings. The highest BCUT2D eigenvalue weighted by Crippen LogP contribution is 2.21. The minimum atomic E-state index is 0.248. The van der Waals surface area contributed by atoms with Crippen LogP contribution < -0.4 is 5.32 Å². The van der Waals surface area contributed by atoms with E-state index in [0.717, 1.165) is 25.8 Å². The number of nitrogens with one attached hydrogen (secondary N) is 1. The summed E-state index contributed by atoms with van der Waals surface area (Å²) in [6.45, 7) is 5.46. The first-order valence-corrected chi connectivity index (χ1v) is 5.39. The van der Waals surface area contributed by atoms with Gasteiger partial charge in [-0.2, -0.15) is 5.26 Å². The molecule has 0 saturated heterocycles. The highest BCUT2D eigenvalue weighted by Gasteiger charge is 2.19. The van der Waals surface area contributed by atoms with Crippen LogP contribution in [0.5, 0.6) is 0 Å². The Morgan fingerprint density at radius 2 is 2.07 bits per heavy atom. The zero-order valence-corrected chi connectivity index (χ0v) is 9.21. The minimum absolute atomic E-state index is 0.248. The van der Waals surface area contributed by atoms with Gasteiger partial charge in [-0.1, -0.05) is 26.0 Å². The van der Waals surface area contributed by atoms with Crippen LogP contribution in [-0.4, -0.2) is 12.6 Å². The smallest absolute Gasteiger partial charge is 0.0621 e. The first-order chi connectivity index (χ1) is 6.64. The molecule has 0 aromatic heterocycles. The molecule has 0 unspecified atom stereocenters. The Morgan fingerprint density at radius 1 is 1.43 bits per heavy atom. The summed E-state index contributed by atoms with van der Waals surface area (Å²) < 4.78 is 0. The molecule has 2 nitrogen and oxygen atoms in total. The Bertz CT molecular complexity index is 227. The zero-order chi connectivity index (χ0) is 10.4. The predicted molar refractivity (Wildman–Crippen MR) is 58.8 cm³/mol. The van der Waals surface area contributed by atoms with Crippen LogP contribution >= 0.6 is 0 Å². The summed E-state index contributed by atoms with van der Waals surface area (Å²) >= 11 is 0. The maximum absolute atomic E-state index is 8.53. The quantitative estimate of drug-likeness (QED) is 0.680. The fourth-order valence-electron chi connectivity index (χ4n) is 1.69. The SMILES string of the molecule is CC(C)(CCC#N)CNC1CC=CC1. The van der Waals surface area contributed by atoms with Crippen LogP contribution in [0.1, 0.15) is 39.5 Å². The standard InChI is InChI=1S/C12H20N2/c1-12(2,8-5-9-13)10-14-11-6-3-4-7-11/h3-4,11,14H,5-8,10H2,1-2H3. The molecule has 0 fully saturated rings. The molecule has 0 bridgehead atoms. The van der Waals surface area contributed by atoms with Crippen molar-refractivity contribution in [2.24, 2.45) is 5.41 Å². The van der Waals surface area contributed by atoms with Gasteiger partial charge >= 0.3 is 0 Å². The molecule has 0 heterocycles. The van der Waals surface area contributed by atoms with E-state index in [2.05, 4.69) is 37.4 Å². The third kappa shape index (κ3) is 3.93.